The number of ether oxygens (including phenoxy) is 1. The molecule has 0 saturated carbocycles. The Labute approximate surface area is 122 Å². The fraction of sp³-hybridized carbons (Fsp3) is 0.133. The van der Waals surface area contributed by atoms with Gasteiger partial charge in [0.1, 0.15) is 11.5 Å². The minimum atomic E-state index is 0.123. The van der Waals surface area contributed by atoms with Gasteiger partial charge in [0.15, 0.2) is 0 Å². The SMILES string of the molecule is CCOc1ccc(C=NNc2ccc(Cl)cc2)c(O)c1. The molecule has 4 nitrogen and oxygen atoms in total. The summed E-state index contributed by atoms with van der Waals surface area (Å²) in [7, 11) is 0. The number of phenols is 1. The van der Waals surface area contributed by atoms with Crippen molar-refractivity contribution in [3.8, 4) is 11.5 Å². The molecule has 2 rings (SSSR count). The molecule has 2 aromatic carbocycles. The Bertz CT molecular complexity index is 597. The highest BCUT2D eigenvalue weighted by Gasteiger charge is 2.00. The molecule has 104 valence electrons. The Kier molecular flexibility index (Phi) is 4.85. The fourth-order valence-corrected chi connectivity index (χ4v) is 1.72. The summed E-state index contributed by atoms with van der Waals surface area (Å²) >= 11 is 5.79. The van der Waals surface area contributed by atoms with E-state index in [2.05, 4.69) is 10.5 Å². The van der Waals surface area contributed by atoms with Gasteiger partial charge in [0.25, 0.3) is 0 Å². The van der Waals surface area contributed by atoms with Gasteiger partial charge in [-0.1, -0.05) is 11.6 Å². The van der Waals surface area contributed by atoms with Gasteiger partial charge in [-0.25, -0.2) is 0 Å². The highest BCUT2D eigenvalue weighted by molar-refractivity contribution is 6.30. The number of phenolic OH excluding ortho intramolecular Hbond substituents is 1. The number of rotatable bonds is 5. The van der Waals surface area contributed by atoms with Crippen LogP contribution in [-0.2, 0) is 0 Å². The lowest BCUT2D eigenvalue weighted by Crippen LogP contribution is -1.93. The minimum absolute atomic E-state index is 0.123. The molecule has 0 saturated heterocycles. The molecule has 20 heavy (non-hydrogen) atoms. The first-order valence-electron chi connectivity index (χ1n) is 6.19. The Morgan fingerprint density at radius 3 is 2.65 bits per heavy atom. The lowest BCUT2D eigenvalue weighted by molar-refractivity contribution is 0.337. The molecule has 0 aliphatic carbocycles. The zero-order valence-electron chi connectivity index (χ0n) is 11.0. The standard InChI is InChI=1S/C15H15ClN2O2/c1-2-20-14-8-3-11(15(19)9-14)10-17-18-13-6-4-12(16)5-7-13/h3-10,18-19H,2H2,1H3. The average Bonchev–Trinajstić information content (AvgIpc) is 2.44. The first-order valence-corrected chi connectivity index (χ1v) is 6.57. The quantitative estimate of drug-likeness (QED) is 0.649. The van der Waals surface area contributed by atoms with E-state index in [1.807, 2.05) is 19.1 Å². The van der Waals surface area contributed by atoms with Gasteiger partial charge in [-0.15, -0.1) is 0 Å². The number of anilines is 1. The normalized spacial score (nSPS) is 10.7. The van der Waals surface area contributed by atoms with Gasteiger partial charge in [-0.3, -0.25) is 5.43 Å². The second-order valence-corrected chi connectivity index (χ2v) is 4.47. The van der Waals surface area contributed by atoms with Crippen LogP contribution in [0.25, 0.3) is 0 Å². The summed E-state index contributed by atoms with van der Waals surface area (Å²) in [5, 5.41) is 14.6. The molecule has 0 spiro atoms. The molecule has 0 unspecified atom stereocenters. The number of hydrazone groups is 1. The molecule has 0 aromatic heterocycles. The van der Waals surface area contributed by atoms with Gasteiger partial charge in [0, 0.05) is 16.7 Å². The summed E-state index contributed by atoms with van der Waals surface area (Å²) in [6.07, 6.45) is 1.54. The lowest BCUT2D eigenvalue weighted by Gasteiger charge is -2.05. The summed E-state index contributed by atoms with van der Waals surface area (Å²) < 4.78 is 5.29. The Morgan fingerprint density at radius 2 is 2.00 bits per heavy atom. The summed E-state index contributed by atoms with van der Waals surface area (Å²) in [5.74, 6) is 0.755. The van der Waals surface area contributed by atoms with Crippen LogP contribution in [0.4, 0.5) is 5.69 Å². The topological polar surface area (TPSA) is 53.8 Å². The van der Waals surface area contributed by atoms with Gasteiger partial charge in [-0.2, -0.15) is 5.10 Å². The van der Waals surface area contributed by atoms with E-state index in [4.69, 9.17) is 16.3 Å². The van der Waals surface area contributed by atoms with E-state index in [1.165, 1.54) is 0 Å². The van der Waals surface area contributed by atoms with Crippen LogP contribution in [0.15, 0.2) is 47.6 Å². The van der Waals surface area contributed by atoms with Gasteiger partial charge in [0.05, 0.1) is 18.5 Å². The molecule has 0 fully saturated rings. The third-order valence-electron chi connectivity index (χ3n) is 2.55. The van der Waals surface area contributed by atoms with E-state index in [9.17, 15) is 5.11 Å². The molecule has 0 aliphatic rings. The molecule has 0 amide bonds. The Hall–Kier alpha value is -2.20. The van der Waals surface area contributed by atoms with Crippen molar-refractivity contribution in [3.63, 3.8) is 0 Å². The van der Waals surface area contributed by atoms with Gasteiger partial charge in [0.2, 0.25) is 0 Å². The Balaban J connectivity index is 2.02. The summed E-state index contributed by atoms with van der Waals surface area (Å²) in [5.41, 5.74) is 4.28. The minimum Gasteiger partial charge on any atom is -0.507 e. The monoisotopic (exact) mass is 290 g/mol. The maximum Gasteiger partial charge on any atom is 0.128 e. The van der Waals surface area contributed by atoms with Crippen molar-refractivity contribution in [2.45, 2.75) is 6.92 Å². The van der Waals surface area contributed by atoms with Crippen LogP contribution in [0.2, 0.25) is 5.02 Å². The molecular weight excluding hydrogens is 276 g/mol. The summed E-state index contributed by atoms with van der Waals surface area (Å²) in [6.45, 7) is 2.45. The molecule has 5 heteroatoms. The lowest BCUT2D eigenvalue weighted by atomic mass is 10.2. The van der Waals surface area contributed by atoms with Gasteiger partial charge < -0.3 is 9.84 Å². The molecule has 0 atom stereocenters. The average molecular weight is 291 g/mol. The number of nitrogens with one attached hydrogen (secondary N) is 1. The van der Waals surface area contributed by atoms with Gasteiger partial charge in [-0.05, 0) is 43.3 Å². The molecule has 0 aliphatic heterocycles. The maximum atomic E-state index is 9.84. The van der Waals surface area contributed by atoms with Crippen LogP contribution >= 0.6 is 11.6 Å². The number of aromatic hydroxyl groups is 1. The van der Waals surface area contributed by atoms with E-state index in [0.29, 0.717) is 22.9 Å². The summed E-state index contributed by atoms with van der Waals surface area (Å²) in [4.78, 5) is 0. The third kappa shape index (κ3) is 3.90. The number of halogens is 1. The van der Waals surface area contributed by atoms with Crippen LogP contribution < -0.4 is 10.2 Å². The molecular formula is C15H15ClN2O2. The fourth-order valence-electron chi connectivity index (χ4n) is 1.59. The van der Waals surface area contributed by atoms with Crippen molar-refractivity contribution in [3.05, 3.63) is 53.1 Å². The summed E-state index contributed by atoms with van der Waals surface area (Å²) in [6, 6.07) is 12.3. The largest absolute Gasteiger partial charge is 0.507 e. The zero-order valence-corrected chi connectivity index (χ0v) is 11.8. The van der Waals surface area contributed by atoms with E-state index in [0.717, 1.165) is 5.69 Å². The number of hydrogen-bond donors (Lipinski definition) is 2. The van der Waals surface area contributed by atoms with Crippen molar-refractivity contribution in [2.75, 3.05) is 12.0 Å². The third-order valence-corrected chi connectivity index (χ3v) is 2.81. The predicted molar refractivity (Wildman–Crippen MR) is 81.9 cm³/mol. The van der Waals surface area contributed by atoms with Crippen LogP contribution in [-0.4, -0.2) is 17.9 Å². The second-order valence-electron chi connectivity index (χ2n) is 4.03. The van der Waals surface area contributed by atoms with Crippen molar-refractivity contribution in [1.82, 2.24) is 0 Å². The number of benzene rings is 2. The van der Waals surface area contributed by atoms with E-state index >= 15 is 0 Å². The highest BCUT2D eigenvalue weighted by Crippen LogP contribution is 2.22. The molecule has 0 bridgehead atoms. The molecule has 2 N–H and O–H groups in total. The van der Waals surface area contributed by atoms with Crippen molar-refractivity contribution < 1.29 is 9.84 Å². The van der Waals surface area contributed by atoms with Crippen LogP contribution in [0.5, 0.6) is 11.5 Å². The Morgan fingerprint density at radius 1 is 1.25 bits per heavy atom. The number of nitrogens with zero attached hydrogens (tertiary/aromatic N) is 1. The van der Waals surface area contributed by atoms with Crippen LogP contribution in [0.1, 0.15) is 12.5 Å². The van der Waals surface area contributed by atoms with E-state index in [1.54, 1.807) is 36.5 Å². The second kappa shape index (κ2) is 6.82. The van der Waals surface area contributed by atoms with Crippen LogP contribution in [0.3, 0.4) is 0 Å². The van der Waals surface area contributed by atoms with E-state index < -0.39 is 0 Å². The predicted octanol–water partition coefficient (Wildman–Crippen LogP) is 3.89. The maximum absolute atomic E-state index is 9.84. The van der Waals surface area contributed by atoms with Crippen LogP contribution in [0, 0.1) is 0 Å². The molecule has 0 heterocycles. The highest BCUT2D eigenvalue weighted by atomic mass is 35.5. The molecule has 0 radical (unpaired) electrons. The van der Waals surface area contributed by atoms with Crippen molar-refractivity contribution in [2.24, 2.45) is 5.10 Å². The van der Waals surface area contributed by atoms with E-state index in [-0.39, 0.29) is 5.75 Å². The smallest absolute Gasteiger partial charge is 0.128 e. The van der Waals surface area contributed by atoms with Gasteiger partial charge >= 0.3 is 0 Å². The number of hydrogen-bond acceptors (Lipinski definition) is 4. The molecule has 2 aromatic rings. The van der Waals surface area contributed by atoms with Crippen molar-refractivity contribution >= 4 is 23.5 Å². The first-order chi connectivity index (χ1) is 9.69. The zero-order chi connectivity index (χ0) is 14.4. The first kappa shape index (κ1) is 14.2. The van der Waals surface area contributed by atoms with Crippen molar-refractivity contribution in [1.29, 1.82) is 0 Å².